The second-order valence-corrected chi connectivity index (χ2v) is 8.63. The number of methoxy groups -OCH3 is 2. The van der Waals surface area contributed by atoms with Gasteiger partial charge in [-0.1, -0.05) is 23.5 Å². The summed E-state index contributed by atoms with van der Waals surface area (Å²) < 4.78 is 13.3. The van der Waals surface area contributed by atoms with Crippen LogP contribution in [-0.4, -0.2) is 55.5 Å². The summed E-state index contributed by atoms with van der Waals surface area (Å²) in [4.78, 5) is 0. The maximum Gasteiger partial charge on any atom is 0.210 e. The van der Waals surface area contributed by atoms with Crippen molar-refractivity contribution >= 4 is 23.5 Å². The molecule has 0 saturated carbocycles. The van der Waals surface area contributed by atoms with E-state index in [1.165, 1.54) is 32.9 Å². The van der Waals surface area contributed by atoms with Gasteiger partial charge in [0.15, 0.2) is 11.6 Å². The Balaban J connectivity index is 1.34. The van der Waals surface area contributed by atoms with Crippen molar-refractivity contribution in [2.24, 2.45) is 0 Å². The molecule has 12 heteroatoms. The average molecular weight is 471 g/mol. The molecule has 0 aliphatic rings. The number of hydrogen-bond acceptors (Lipinski definition) is 10. The van der Waals surface area contributed by atoms with Gasteiger partial charge in [0.1, 0.15) is 11.5 Å². The molecule has 4 N–H and O–H groups in total. The molecule has 2 aromatic carbocycles. The summed E-state index contributed by atoms with van der Waals surface area (Å²) in [5.41, 5.74) is 1.73. The van der Waals surface area contributed by atoms with Crippen LogP contribution >= 0.6 is 23.5 Å². The van der Waals surface area contributed by atoms with E-state index in [0.29, 0.717) is 22.0 Å². The summed E-state index contributed by atoms with van der Waals surface area (Å²) in [5, 5.41) is 18.1. The van der Waals surface area contributed by atoms with E-state index < -0.39 is 0 Å². The lowest BCUT2D eigenvalue weighted by Gasteiger charge is -2.05. The van der Waals surface area contributed by atoms with Gasteiger partial charge in [0, 0.05) is 22.6 Å². The third-order valence-electron chi connectivity index (χ3n) is 4.57. The van der Waals surface area contributed by atoms with Crippen LogP contribution in [-0.2, 0) is 0 Å². The average Bonchev–Trinajstić information content (AvgIpc) is 3.39. The molecule has 10 nitrogen and oxygen atoms in total. The van der Waals surface area contributed by atoms with Crippen molar-refractivity contribution in [1.82, 2.24) is 29.7 Å². The number of benzene rings is 2. The quantitative estimate of drug-likeness (QED) is 0.214. The molecule has 0 atom stereocenters. The van der Waals surface area contributed by atoms with Crippen molar-refractivity contribution in [2.45, 2.75) is 10.3 Å². The van der Waals surface area contributed by atoms with E-state index in [9.17, 15) is 0 Å². The Morgan fingerprint density at radius 2 is 1.03 bits per heavy atom. The predicted octanol–water partition coefficient (Wildman–Crippen LogP) is 2.53. The van der Waals surface area contributed by atoms with Crippen LogP contribution in [0, 0.1) is 0 Å². The van der Waals surface area contributed by atoms with E-state index in [2.05, 4.69) is 20.4 Å². The van der Waals surface area contributed by atoms with Crippen molar-refractivity contribution in [3.63, 3.8) is 0 Å². The van der Waals surface area contributed by atoms with Crippen LogP contribution in [0.15, 0.2) is 58.8 Å². The van der Waals surface area contributed by atoms with Gasteiger partial charge in [0.05, 0.1) is 14.2 Å². The van der Waals surface area contributed by atoms with E-state index in [-0.39, 0.29) is 0 Å². The second-order valence-electron chi connectivity index (χ2n) is 6.51. The van der Waals surface area contributed by atoms with Crippen molar-refractivity contribution in [1.29, 1.82) is 0 Å². The maximum absolute atomic E-state index is 6.19. The number of hydrogen-bond donors (Lipinski definition) is 2. The summed E-state index contributed by atoms with van der Waals surface area (Å²) in [6, 6.07) is 15.0. The first kappa shape index (κ1) is 21.8. The minimum absolute atomic E-state index is 0.591. The Morgan fingerprint density at radius 1 is 0.656 bits per heavy atom. The fraction of sp³-hybridized carbons (Fsp3) is 0.200. The zero-order valence-corrected chi connectivity index (χ0v) is 19.1. The maximum atomic E-state index is 6.19. The van der Waals surface area contributed by atoms with Crippen LogP contribution in [0.2, 0.25) is 0 Å². The predicted molar refractivity (Wildman–Crippen MR) is 126 cm³/mol. The Bertz CT molecular complexity index is 1080. The molecule has 32 heavy (non-hydrogen) atoms. The zero-order valence-electron chi connectivity index (χ0n) is 17.5. The number of nitrogen functional groups attached to an aromatic ring is 2. The molecule has 4 aromatic rings. The van der Waals surface area contributed by atoms with Crippen LogP contribution in [0.25, 0.3) is 22.8 Å². The van der Waals surface area contributed by atoms with Gasteiger partial charge in [-0.25, -0.2) is 9.35 Å². The SMILES string of the molecule is COc1ccc(-c2nnc(SCCSc3nnc(-c4ccc(OC)cc4)n3N)n2N)cc1. The standard InChI is InChI=1S/C20H22N8O2S2/c1-29-15-7-3-13(4-8-15)17-23-25-19(27(17)21)31-11-12-32-20-26-24-18(28(20)22)14-5-9-16(30-2)10-6-14/h3-10H,11-12,21-22H2,1-2H3. The highest BCUT2D eigenvalue weighted by atomic mass is 32.2. The third kappa shape index (κ3) is 4.60. The number of thioether (sulfide) groups is 2. The summed E-state index contributed by atoms with van der Waals surface area (Å²) >= 11 is 3.02. The summed E-state index contributed by atoms with van der Waals surface area (Å²) in [6.45, 7) is 0. The van der Waals surface area contributed by atoms with E-state index in [1.807, 2.05) is 48.5 Å². The highest BCUT2D eigenvalue weighted by molar-refractivity contribution is 8.02. The third-order valence-corrected chi connectivity index (χ3v) is 6.72. The Labute approximate surface area is 193 Å². The highest BCUT2D eigenvalue weighted by Crippen LogP contribution is 2.26. The van der Waals surface area contributed by atoms with Gasteiger partial charge in [-0.05, 0) is 48.5 Å². The monoisotopic (exact) mass is 470 g/mol. The lowest BCUT2D eigenvalue weighted by atomic mass is 10.2. The molecule has 2 heterocycles. The smallest absolute Gasteiger partial charge is 0.210 e. The van der Waals surface area contributed by atoms with Gasteiger partial charge in [-0.2, -0.15) is 0 Å². The summed E-state index contributed by atoms with van der Waals surface area (Å²) in [6.07, 6.45) is 0. The lowest BCUT2D eigenvalue weighted by Crippen LogP contribution is -2.12. The van der Waals surface area contributed by atoms with E-state index >= 15 is 0 Å². The second kappa shape index (κ2) is 9.83. The molecule has 166 valence electrons. The molecule has 0 bridgehead atoms. The first-order chi connectivity index (χ1) is 15.6. The number of nitrogens with two attached hydrogens (primary N) is 2. The molecule has 0 fully saturated rings. The van der Waals surface area contributed by atoms with Gasteiger partial charge in [0.2, 0.25) is 10.3 Å². The fourth-order valence-electron chi connectivity index (χ4n) is 2.89. The highest BCUT2D eigenvalue weighted by Gasteiger charge is 2.14. The topological polar surface area (TPSA) is 132 Å². The minimum atomic E-state index is 0.591. The zero-order chi connectivity index (χ0) is 22.5. The molecule has 0 aliphatic carbocycles. The molecule has 0 radical (unpaired) electrons. The Kier molecular flexibility index (Phi) is 6.71. The normalized spacial score (nSPS) is 10.9. The molecule has 0 spiro atoms. The van der Waals surface area contributed by atoms with Crippen LogP contribution in [0.1, 0.15) is 0 Å². The van der Waals surface area contributed by atoms with Gasteiger partial charge >= 0.3 is 0 Å². The van der Waals surface area contributed by atoms with Crippen LogP contribution in [0.5, 0.6) is 11.5 Å². The van der Waals surface area contributed by atoms with Crippen LogP contribution < -0.4 is 21.2 Å². The fourth-order valence-corrected chi connectivity index (χ4v) is 4.57. The van der Waals surface area contributed by atoms with Crippen LogP contribution in [0.3, 0.4) is 0 Å². The Hall–Kier alpha value is -3.38. The van der Waals surface area contributed by atoms with Gasteiger partial charge in [0.25, 0.3) is 0 Å². The van der Waals surface area contributed by atoms with Crippen molar-refractivity contribution in [3.05, 3.63) is 48.5 Å². The molecule has 0 aliphatic heterocycles. The molecule has 2 aromatic heterocycles. The Morgan fingerprint density at radius 3 is 1.38 bits per heavy atom. The number of aromatic nitrogens is 6. The van der Waals surface area contributed by atoms with Crippen molar-refractivity contribution in [2.75, 3.05) is 37.4 Å². The van der Waals surface area contributed by atoms with Crippen molar-refractivity contribution in [3.8, 4) is 34.3 Å². The van der Waals surface area contributed by atoms with Crippen molar-refractivity contribution < 1.29 is 9.47 Å². The number of nitrogens with zero attached hydrogens (tertiary/aromatic N) is 6. The summed E-state index contributed by atoms with van der Waals surface area (Å²) in [5.74, 6) is 16.6. The first-order valence-corrected chi connectivity index (χ1v) is 11.5. The van der Waals surface area contributed by atoms with Crippen LogP contribution in [0.4, 0.5) is 0 Å². The minimum Gasteiger partial charge on any atom is -0.497 e. The van der Waals surface area contributed by atoms with Gasteiger partial charge in [-0.3, -0.25) is 0 Å². The number of rotatable bonds is 9. The molecule has 4 rings (SSSR count). The van der Waals surface area contributed by atoms with E-state index in [1.54, 1.807) is 14.2 Å². The molecule has 0 unspecified atom stereocenters. The molecule has 0 amide bonds. The molecular formula is C20H22N8O2S2. The first-order valence-electron chi connectivity index (χ1n) is 9.56. The molecule has 0 saturated heterocycles. The largest absolute Gasteiger partial charge is 0.497 e. The van der Waals surface area contributed by atoms with Gasteiger partial charge < -0.3 is 21.2 Å². The van der Waals surface area contributed by atoms with E-state index in [4.69, 9.17) is 21.2 Å². The van der Waals surface area contributed by atoms with Gasteiger partial charge in [-0.15, -0.1) is 20.4 Å². The molecular weight excluding hydrogens is 448 g/mol. The number of ether oxygens (including phenoxy) is 2. The van der Waals surface area contributed by atoms with E-state index in [0.717, 1.165) is 34.1 Å². The summed E-state index contributed by atoms with van der Waals surface area (Å²) in [7, 11) is 3.25. The lowest BCUT2D eigenvalue weighted by molar-refractivity contribution is 0.414.